The Labute approximate surface area is 110 Å². The zero-order chi connectivity index (χ0) is 13.8. The fourth-order valence-electron chi connectivity index (χ4n) is 1.61. The van der Waals surface area contributed by atoms with Gasteiger partial charge in [0.05, 0.1) is 18.4 Å². The van der Waals surface area contributed by atoms with Crippen LogP contribution in [0.5, 0.6) is 0 Å². The molecule has 0 atom stereocenters. The van der Waals surface area contributed by atoms with Gasteiger partial charge in [-0.2, -0.15) is 0 Å². The molecule has 5 heteroatoms. The molecule has 3 N–H and O–H groups in total. The first-order valence-corrected chi connectivity index (χ1v) is 5.60. The van der Waals surface area contributed by atoms with Gasteiger partial charge in [0.2, 0.25) is 0 Å². The molecular weight excluding hydrogens is 247 g/mol. The maximum Gasteiger partial charge on any atom is 0.337 e. The van der Waals surface area contributed by atoms with Gasteiger partial charge in [-0.3, -0.25) is 0 Å². The molecule has 0 bridgehead atoms. The molecule has 0 heterocycles. The van der Waals surface area contributed by atoms with E-state index in [9.17, 15) is 9.18 Å². The second-order valence-electron chi connectivity index (χ2n) is 3.93. The molecule has 4 nitrogen and oxygen atoms in total. The number of halogens is 1. The summed E-state index contributed by atoms with van der Waals surface area (Å²) >= 11 is 0. The van der Waals surface area contributed by atoms with Crippen LogP contribution in [-0.4, -0.2) is 13.1 Å². The van der Waals surface area contributed by atoms with Crippen LogP contribution in [-0.2, 0) is 4.74 Å². The minimum Gasteiger partial charge on any atom is -0.465 e. The first kappa shape index (κ1) is 12.9. The number of hydrogen-bond acceptors (Lipinski definition) is 4. The summed E-state index contributed by atoms with van der Waals surface area (Å²) in [5.41, 5.74) is 7.12. The van der Waals surface area contributed by atoms with Crippen molar-refractivity contribution in [2.75, 3.05) is 18.2 Å². The van der Waals surface area contributed by atoms with Crippen molar-refractivity contribution in [1.29, 1.82) is 0 Å². The molecule has 0 aromatic heterocycles. The lowest BCUT2D eigenvalue weighted by Gasteiger charge is -2.08. The number of carbonyl (C=O) groups is 1. The van der Waals surface area contributed by atoms with Crippen LogP contribution in [0.2, 0.25) is 0 Å². The molecule has 0 aliphatic heterocycles. The zero-order valence-corrected chi connectivity index (χ0v) is 10.3. The summed E-state index contributed by atoms with van der Waals surface area (Å²) < 4.78 is 17.9. The highest BCUT2D eigenvalue weighted by molar-refractivity contribution is 5.90. The minimum atomic E-state index is -0.492. The molecule has 0 amide bonds. The number of benzene rings is 2. The van der Waals surface area contributed by atoms with E-state index in [0.29, 0.717) is 16.9 Å². The van der Waals surface area contributed by atoms with E-state index in [1.54, 1.807) is 30.3 Å². The summed E-state index contributed by atoms with van der Waals surface area (Å²) in [4.78, 5) is 11.4. The van der Waals surface area contributed by atoms with Crippen molar-refractivity contribution in [2.45, 2.75) is 0 Å². The van der Waals surface area contributed by atoms with Gasteiger partial charge in [-0.25, -0.2) is 9.18 Å². The maximum absolute atomic E-state index is 13.3. The number of nitrogen functional groups attached to an aromatic ring is 1. The van der Waals surface area contributed by atoms with Crippen molar-refractivity contribution >= 4 is 23.0 Å². The predicted octanol–water partition coefficient (Wildman–Crippen LogP) is 2.94. The van der Waals surface area contributed by atoms with Crippen LogP contribution in [0.15, 0.2) is 42.5 Å². The van der Waals surface area contributed by atoms with Crippen LogP contribution < -0.4 is 11.1 Å². The van der Waals surface area contributed by atoms with Gasteiger partial charge in [0.15, 0.2) is 0 Å². The third-order valence-corrected chi connectivity index (χ3v) is 2.57. The van der Waals surface area contributed by atoms with Crippen LogP contribution in [0, 0.1) is 5.82 Å². The Morgan fingerprint density at radius 1 is 1.21 bits per heavy atom. The van der Waals surface area contributed by atoms with Crippen molar-refractivity contribution < 1.29 is 13.9 Å². The first-order valence-electron chi connectivity index (χ1n) is 5.60. The monoisotopic (exact) mass is 260 g/mol. The second kappa shape index (κ2) is 5.39. The Bertz CT molecular complexity index is 614. The summed E-state index contributed by atoms with van der Waals surface area (Å²) in [6.45, 7) is 0. The number of anilines is 3. The van der Waals surface area contributed by atoms with Crippen LogP contribution in [0.3, 0.4) is 0 Å². The molecule has 2 rings (SSSR count). The molecule has 0 aliphatic carbocycles. The minimum absolute atomic E-state index is 0.0915. The molecule has 2 aromatic rings. The highest BCUT2D eigenvalue weighted by atomic mass is 19.1. The molecule has 0 fully saturated rings. The number of rotatable bonds is 3. The van der Waals surface area contributed by atoms with Gasteiger partial charge in [-0.1, -0.05) is 6.07 Å². The summed E-state index contributed by atoms with van der Waals surface area (Å²) in [5.74, 6) is -0.916. The second-order valence-corrected chi connectivity index (χ2v) is 3.93. The quantitative estimate of drug-likeness (QED) is 0.658. The average molecular weight is 260 g/mol. The fourth-order valence-corrected chi connectivity index (χ4v) is 1.61. The normalized spacial score (nSPS) is 10.0. The number of nitrogens with two attached hydrogens (primary N) is 1. The summed E-state index contributed by atoms with van der Waals surface area (Å²) in [7, 11) is 1.32. The van der Waals surface area contributed by atoms with Crippen LogP contribution in [0.4, 0.5) is 21.5 Å². The van der Waals surface area contributed by atoms with Crippen molar-refractivity contribution in [3.8, 4) is 0 Å². The van der Waals surface area contributed by atoms with Gasteiger partial charge in [-0.15, -0.1) is 0 Å². The van der Waals surface area contributed by atoms with E-state index in [1.807, 2.05) is 0 Å². The number of carbonyl (C=O) groups excluding carboxylic acids is 1. The van der Waals surface area contributed by atoms with Gasteiger partial charge in [-0.05, 0) is 36.4 Å². The third kappa shape index (κ3) is 3.01. The molecular formula is C14H13FN2O2. The predicted molar refractivity (Wildman–Crippen MR) is 71.9 cm³/mol. The lowest BCUT2D eigenvalue weighted by Crippen LogP contribution is -2.02. The molecule has 0 spiro atoms. The van der Waals surface area contributed by atoms with E-state index in [0.717, 1.165) is 0 Å². The third-order valence-electron chi connectivity index (χ3n) is 2.57. The lowest BCUT2D eigenvalue weighted by atomic mass is 10.2. The Morgan fingerprint density at radius 2 is 1.95 bits per heavy atom. The summed E-state index contributed by atoms with van der Waals surface area (Å²) in [5, 5.41) is 2.99. The van der Waals surface area contributed by atoms with E-state index in [-0.39, 0.29) is 5.69 Å². The van der Waals surface area contributed by atoms with Crippen molar-refractivity contribution in [3.63, 3.8) is 0 Å². The number of methoxy groups -OCH3 is 1. The van der Waals surface area contributed by atoms with E-state index in [2.05, 4.69) is 10.1 Å². The Balaban J connectivity index is 2.23. The van der Waals surface area contributed by atoms with Gasteiger partial charge < -0.3 is 15.8 Å². The fraction of sp³-hybridized carbons (Fsp3) is 0.0714. The summed E-state index contributed by atoms with van der Waals surface area (Å²) in [6, 6.07) is 11.2. The largest absolute Gasteiger partial charge is 0.465 e. The zero-order valence-electron chi connectivity index (χ0n) is 10.3. The molecule has 0 saturated carbocycles. The number of ether oxygens (including phenoxy) is 1. The smallest absolute Gasteiger partial charge is 0.337 e. The van der Waals surface area contributed by atoms with E-state index < -0.39 is 11.8 Å². The molecule has 0 aliphatic rings. The van der Waals surface area contributed by atoms with Crippen LogP contribution >= 0.6 is 0 Å². The van der Waals surface area contributed by atoms with Crippen LogP contribution in [0.25, 0.3) is 0 Å². The van der Waals surface area contributed by atoms with Crippen molar-refractivity contribution in [3.05, 3.63) is 53.8 Å². The van der Waals surface area contributed by atoms with Gasteiger partial charge in [0, 0.05) is 11.4 Å². The van der Waals surface area contributed by atoms with Crippen molar-refractivity contribution in [1.82, 2.24) is 0 Å². The Kier molecular flexibility index (Phi) is 3.66. The first-order chi connectivity index (χ1) is 9.10. The molecule has 0 radical (unpaired) electrons. The molecule has 98 valence electrons. The van der Waals surface area contributed by atoms with E-state index >= 15 is 0 Å². The molecule has 19 heavy (non-hydrogen) atoms. The number of hydrogen-bond donors (Lipinski definition) is 2. The lowest BCUT2D eigenvalue weighted by molar-refractivity contribution is 0.0601. The molecule has 0 unspecified atom stereocenters. The molecule has 0 saturated heterocycles. The van der Waals surface area contributed by atoms with Gasteiger partial charge in [0.1, 0.15) is 5.82 Å². The Hall–Kier alpha value is -2.56. The Morgan fingerprint density at radius 3 is 2.63 bits per heavy atom. The van der Waals surface area contributed by atoms with Crippen molar-refractivity contribution in [2.24, 2.45) is 0 Å². The molecule has 2 aromatic carbocycles. The number of esters is 1. The van der Waals surface area contributed by atoms with E-state index in [4.69, 9.17) is 5.73 Å². The maximum atomic E-state index is 13.3. The van der Waals surface area contributed by atoms with Crippen LogP contribution in [0.1, 0.15) is 10.4 Å². The highest BCUT2D eigenvalue weighted by Crippen LogP contribution is 2.21. The number of nitrogens with one attached hydrogen (secondary N) is 1. The van der Waals surface area contributed by atoms with Gasteiger partial charge in [0.25, 0.3) is 0 Å². The summed E-state index contributed by atoms with van der Waals surface area (Å²) in [6.07, 6.45) is 0. The standard InChI is InChI=1S/C14H13FN2O2/c1-19-14(18)9-3-2-4-10(7-9)17-11-5-6-13(16)12(15)8-11/h2-8,17H,16H2,1H3. The SMILES string of the molecule is COC(=O)c1cccc(Nc2ccc(N)c(F)c2)c1. The highest BCUT2D eigenvalue weighted by Gasteiger charge is 2.06. The topological polar surface area (TPSA) is 64.3 Å². The van der Waals surface area contributed by atoms with Gasteiger partial charge >= 0.3 is 5.97 Å². The average Bonchev–Trinajstić information content (AvgIpc) is 2.42. The van der Waals surface area contributed by atoms with E-state index in [1.165, 1.54) is 19.2 Å².